The Hall–Kier alpha value is -6.15. The molecular weight excluding hydrogens is 937 g/mol. The molecule has 6 aliphatic rings. The number of benzene rings is 1. The lowest BCUT2D eigenvalue weighted by Crippen LogP contribution is -2.65. The molecular formula is C56H72N12O6. The highest BCUT2D eigenvalue weighted by Gasteiger charge is 2.51. The van der Waals surface area contributed by atoms with E-state index in [9.17, 15) is 24.3 Å². The van der Waals surface area contributed by atoms with Crippen molar-refractivity contribution in [2.75, 3.05) is 102 Å². The summed E-state index contributed by atoms with van der Waals surface area (Å²) in [6.45, 7) is 13.3. The first-order valence-corrected chi connectivity index (χ1v) is 26.8. The highest BCUT2D eigenvalue weighted by atomic mass is 16.5. The largest absolute Gasteiger partial charge is 0.373 e. The fraction of sp³-hybridized carbons (Fsp3) is 0.518. The van der Waals surface area contributed by atoms with Crippen LogP contribution < -0.4 is 26.4 Å². The Balaban J connectivity index is 0.686. The average Bonchev–Trinajstić information content (AvgIpc) is 3.42. The van der Waals surface area contributed by atoms with E-state index in [0.717, 1.165) is 117 Å². The minimum absolute atomic E-state index is 0.0488. The lowest BCUT2D eigenvalue weighted by molar-refractivity contribution is -0.180. The number of piperazine rings is 2. The van der Waals surface area contributed by atoms with Crippen molar-refractivity contribution in [1.29, 1.82) is 0 Å². The molecule has 18 nitrogen and oxygen atoms in total. The summed E-state index contributed by atoms with van der Waals surface area (Å²) in [6.07, 6.45) is 11.0. The molecule has 3 amide bonds. The van der Waals surface area contributed by atoms with Crippen LogP contribution in [0.15, 0.2) is 78.0 Å². The van der Waals surface area contributed by atoms with E-state index in [4.69, 9.17) is 14.7 Å². The topological polar surface area (TPSA) is 204 Å². The number of aromatic amines is 1. The van der Waals surface area contributed by atoms with Gasteiger partial charge in [0.1, 0.15) is 6.23 Å². The number of nitrogens with one attached hydrogen (secondary N) is 4. The number of pyridine rings is 4. The number of hydrogen-bond donors (Lipinski definition) is 5. The molecule has 5 N–H and O–H groups in total. The van der Waals surface area contributed by atoms with E-state index < -0.39 is 6.23 Å². The summed E-state index contributed by atoms with van der Waals surface area (Å²) in [5.41, 5.74) is 7.91. The Morgan fingerprint density at radius 3 is 2.35 bits per heavy atom. The van der Waals surface area contributed by atoms with Crippen LogP contribution in [0.2, 0.25) is 0 Å². The first kappa shape index (κ1) is 51.3. The number of fused-ring (bicyclic) bond motifs is 4. The van der Waals surface area contributed by atoms with Gasteiger partial charge in [0.05, 0.1) is 53.1 Å². The number of piperidine rings is 1. The molecule has 5 saturated heterocycles. The number of aryl methyl sites for hydroxylation is 2. The second kappa shape index (κ2) is 22.4. The van der Waals surface area contributed by atoms with Gasteiger partial charge in [-0.3, -0.25) is 44.3 Å². The molecule has 5 aromatic rings. The van der Waals surface area contributed by atoms with Crippen molar-refractivity contribution in [3.8, 4) is 11.1 Å². The summed E-state index contributed by atoms with van der Waals surface area (Å²) in [5.74, 6) is -0.187. The van der Waals surface area contributed by atoms with Crippen LogP contribution in [0.25, 0.3) is 22.2 Å². The van der Waals surface area contributed by atoms with Crippen LogP contribution in [0, 0.1) is 5.92 Å². The van der Waals surface area contributed by atoms with Crippen LogP contribution in [0.1, 0.15) is 91.5 Å². The molecule has 1 saturated carbocycles. The zero-order valence-electron chi connectivity index (χ0n) is 43.2. The van der Waals surface area contributed by atoms with E-state index in [-0.39, 0.29) is 52.6 Å². The maximum absolute atomic E-state index is 14.2. The van der Waals surface area contributed by atoms with E-state index in [1.165, 1.54) is 5.56 Å². The first-order valence-electron chi connectivity index (χ1n) is 26.8. The molecule has 1 aromatic carbocycles. The van der Waals surface area contributed by atoms with Gasteiger partial charge in [-0.1, -0.05) is 38.1 Å². The van der Waals surface area contributed by atoms with Crippen LogP contribution in [0.4, 0.5) is 11.4 Å². The quantitative estimate of drug-likeness (QED) is 0.0823. The van der Waals surface area contributed by atoms with Gasteiger partial charge in [-0.15, -0.1) is 0 Å². The van der Waals surface area contributed by atoms with Crippen LogP contribution >= 0.6 is 0 Å². The number of ether oxygens (including phenoxy) is 1. The molecule has 11 rings (SSSR count). The number of H-pyrrole nitrogens is 1. The van der Waals surface area contributed by atoms with E-state index in [0.29, 0.717) is 70.1 Å². The monoisotopic (exact) mass is 1010 g/mol. The third-order valence-corrected chi connectivity index (χ3v) is 16.3. The average molecular weight is 1010 g/mol. The molecule has 74 heavy (non-hydrogen) atoms. The normalized spacial score (nSPS) is 23.1. The molecule has 18 heteroatoms. The number of carbonyl (C=O) groups excluding carboxylic acids is 3. The first-order chi connectivity index (χ1) is 35.9. The van der Waals surface area contributed by atoms with Crippen molar-refractivity contribution in [3.63, 3.8) is 0 Å². The predicted molar refractivity (Wildman–Crippen MR) is 285 cm³/mol. The number of aliphatic hydroxyl groups excluding tert-OH is 1. The lowest BCUT2D eigenvalue weighted by atomic mass is 9.70. The second-order valence-electron chi connectivity index (χ2n) is 21.4. The van der Waals surface area contributed by atoms with Crippen molar-refractivity contribution in [3.05, 3.63) is 112 Å². The molecule has 4 aromatic heterocycles. The Morgan fingerprint density at radius 2 is 1.64 bits per heavy atom. The van der Waals surface area contributed by atoms with Crippen molar-refractivity contribution in [1.82, 2.24) is 50.2 Å². The number of amides is 3. The molecule has 9 heterocycles. The van der Waals surface area contributed by atoms with E-state index in [1.54, 1.807) is 11.1 Å². The standard InChI is InChI=1S/C56H72N12O6/c1-4-38-7-6-8-42(25-38)43-29-48(61-49(69)34-57-30-39-11-16-64(3)50(70)27-39)51(60-32-43)54(73)68-23-19-66(20-24-68)36-56-14-12-55(13-15-56,37-74-56)63-53(72)45-10-9-44(33-59-45)67-21-17-65(18-22-67)35-40-26-47-46(58-31-40)28-41(5-2)52(71)62-47/h6-10,25-26,28-29,31-33,39,53,57,63,72H,4-5,11-24,27,30,34-37H2,1-3H3,(H,61,69)(H,62,71). The SMILES string of the molecule is CCc1cccc(-c2cnc(C(=O)N3CCN(CC45CCC(NC(O)c6ccc(N7CCN(Cc8cnc9cc(CC)c(=O)[nH]c9c8)CC7)cn6)(CC4)CO5)CC3)c(NC(=O)CNCC3CCN(C)C(=O)C3)c2)c1. The third kappa shape index (κ3) is 11.7. The van der Waals surface area contributed by atoms with Crippen molar-refractivity contribution in [2.45, 2.75) is 89.1 Å². The summed E-state index contributed by atoms with van der Waals surface area (Å²) in [6, 6.07) is 17.9. The van der Waals surface area contributed by atoms with Gasteiger partial charge < -0.3 is 40.2 Å². The highest BCUT2D eigenvalue weighted by Crippen LogP contribution is 2.45. The Labute approximate surface area is 433 Å². The third-order valence-electron chi connectivity index (χ3n) is 16.3. The lowest BCUT2D eigenvalue weighted by Gasteiger charge is -2.55. The number of anilines is 2. The van der Waals surface area contributed by atoms with Gasteiger partial charge in [0.2, 0.25) is 11.8 Å². The van der Waals surface area contributed by atoms with Crippen molar-refractivity contribution >= 4 is 40.1 Å². The van der Waals surface area contributed by atoms with Gasteiger partial charge in [-0.25, -0.2) is 4.98 Å². The van der Waals surface area contributed by atoms with Crippen LogP contribution in [0.3, 0.4) is 0 Å². The number of hydrogen-bond acceptors (Lipinski definition) is 14. The fourth-order valence-electron chi connectivity index (χ4n) is 11.5. The van der Waals surface area contributed by atoms with E-state index in [1.807, 2.05) is 73.7 Å². The molecule has 0 radical (unpaired) electrons. The van der Waals surface area contributed by atoms with Gasteiger partial charge in [0.25, 0.3) is 11.5 Å². The number of aliphatic hydroxyl groups is 1. The van der Waals surface area contributed by atoms with E-state index >= 15 is 0 Å². The Morgan fingerprint density at radius 1 is 0.838 bits per heavy atom. The van der Waals surface area contributed by atoms with Gasteiger partial charge in [0.15, 0.2) is 5.69 Å². The minimum atomic E-state index is -0.926. The molecule has 2 bridgehead atoms. The van der Waals surface area contributed by atoms with Gasteiger partial charge in [-0.2, -0.15) is 0 Å². The smallest absolute Gasteiger partial charge is 0.274 e. The molecule has 1 aliphatic carbocycles. The summed E-state index contributed by atoms with van der Waals surface area (Å²) in [7, 11) is 1.82. The predicted octanol–water partition coefficient (Wildman–Crippen LogP) is 4.34. The highest BCUT2D eigenvalue weighted by molar-refractivity contribution is 6.03. The van der Waals surface area contributed by atoms with Gasteiger partial charge >= 0.3 is 0 Å². The molecule has 6 fully saturated rings. The van der Waals surface area contributed by atoms with Gasteiger partial charge in [-0.05, 0) is 104 Å². The zero-order valence-corrected chi connectivity index (χ0v) is 43.2. The fourth-order valence-corrected chi connectivity index (χ4v) is 11.5. The number of nitrogens with zero attached hydrogens (tertiary/aromatic N) is 8. The zero-order chi connectivity index (χ0) is 51.4. The summed E-state index contributed by atoms with van der Waals surface area (Å²) >= 11 is 0. The van der Waals surface area contributed by atoms with Gasteiger partial charge in [0, 0.05) is 115 Å². The van der Waals surface area contributed by atoms with E-state index in [2.05, 4.69) is 59.7 Å². The van der Waals surface area contributed by atoms with Crippen LogP contribution in [-0.2, 0) is 33.7 Å². The molecule has 5 aliphatic heterocycles. The number of likely N-dealkylation sites (tertiary alicyclic amines) is 1. The Kier molecular flexibility index (Phi) is 15.5. The maximum Gasteiger partial charge on any atom is 0.274 e. The molecule has 2 atom stereocenters. The Bertz CT molecular complexity index is 2850. The number of aromatic nitrogens is 4. The molecule has 392 valence electrons. The number of rotatable bonds is 17. The maximum atomic E-state index is 14.2. The summed E-state index contributed by atoms with van der Waals surface area (Å²) in [5, 5.41) is 21.2. The summed E-state index contributed by atoms with van der Waals surface area (Å²) < 4.78 is 6.70. The van der Waals surface area contributed by atoms with Crippen molar-refractivity contribution in [2.24, 2.45) is 5.92 Å². The van der Waals surface area contributed by atoms with Crippen molar-refractivity contribution < 1.29 is 24.2 Å². The number of carbonyl (C=O) groups is 3. The van der Waals surface area contributed by atoms with Crippen LogP contribution in [-0.4, -0.2) is 166 Å². The van der Waals surface area contributed by atoms with Crippen LogP contribution in [0.5, 0.6) is 0 Å². The molecule has 2 unspecified atom stereocenters. The molecule has 0 spiro atoms. The minimum Gasteiger partial charge on any atom is -0.373 e. The second-order valence-corrected chi connectivity index (χ2v) is 21.4. The summed E-state index contributed by atoms with van der Waals surface area (Å²) in [4.78, 5) is 80.0.